The maximum atomic E-state index is 13.3. The summed E-state index contributed by atoms with van der Waals surface area (Å²) in [6.07, 6.45) is -10.9. The highest BCUT2D eigenvalue weighted by Gasteiger charge is 2.46. The number of hydrogen-bond donors (Lipinski definition) is 1. The van der Waals surface area contributed by atoms with E-state index in [1.807, 2.05) is 0 Å². The average Bonchev–Trinajstić information content (AvgIpc) is 2.72. The van der Waals surface area contributed by atoms with E-state index in [0.717, 1.165) is 30.3 Å². The quantitative estimate of drug-likeness (QED) is 0.439. The van der Waals surface area contributed by atoms with Crippen LogP contribution >= 0.6 is 0 Å². The molecule has 1 heterocycles. The molecule has 1 aliphatic rings. The van der Waals surface area contributed by atoms with Gasteiger partial charge in [-0.25, -0.2) is 16.8 Å². The Bertz CT molecular complexity index is 1240. The molecule has 2 aromatic carbocycles. The number of benzene rings is 2. The molecule has 2 atom stereocenters. The summed E-state index contributed by atoms with van der Waals surface area (Å²) in [5.74, 6) is -0.717. The number of rotatable bonds is 5. The van der Waals surface area contributed by atoms with Crippen molar-refractivity contribution in [2.75, 3.05) is 6.61 Å². The minimum Gasteiger partial charge on any atom is -0.373 e. The van der Waals surface area contributed by atoms with E-state index in [1.165, 1.54) is 6.92 Å². The van der Waals surface area contributed by atoms with Gasteiger partial charge in [-0.3, -0.25) is 0 Å². The molecule has 1 fully saturated rings. The van der Waals surface area contributed by atoms with E-state index >= 15 is 0 Å². The molecule has 0 radical (unpaired) electrons. The minimum absolute atomic E-state index is 0.0755. The van der Waals surface area contributed by atoms with Crippen molar-refractivity contribution in [2.45, 2.75) is 53.6 Å². The van der Waals surface area contributed by atoms with Gasteiger partial charge in [-0.15, -0.1) is 0 Å². The fraction of sp³-hybridized carbons (Fsp3) is 0.429. The summed E-state index contributed by atoms with van der Waals surface area (Å²) in [6, 6.07) is 5.78. The summed E-state index contributed by atoms with van der Waals surface area (Å²) in [5, 5.41) is 0. The van der Waals surface area contributed by atoms with Crippen molar-refractivity contribution in [2.24, 2.45) is 0 Å². The second-order valence-electron chi connectivity index (χ2n) is 8.19. The van der Waals surface area contributed by atoms with Crippen LogP contribution in [0.25, 0.3) is 0 Å². The molecule has 0 bridgehead atoms. The smallest absolute Gasteiger partial charge is 0.373 e. The second kappa shape index (κ2) is 9.15. The highest BCUT2D eigenvalue weighted by atomic mass is 32.2. The molecule has 1 saturated heterocycles. The molecule has 0 aliphatic carbocycles. The van der Waals surface area contributed by atoms with Crippen LogP contribution in [0.5, 0.6) is 0 Å². The minimum atomic E-state index is -4.76. The Morgan fingerprint density at radius 2 is 1.62 bits per heavy atom. The van der Waals surface area contributed by atoms with Crippen molar-refractivity contribution in [3.8, 4) is 0 Å². The van der Waals surface area contributed by atoms with Crippen LogP contribution in [0.2, 0.25) is 0 Å². The van der Waals surface area contributed by atoms with Gasteiger partial charge in [-0.1, -0.05) is 12.1 Å². The molecule has 0 aromatic heterocycles. The first-order valence-corrected chi connectivity index (χ1v) is 12.7. The lowest BCUT2D eigenvalue weighted by Gasteiger charge is -2.38. The van der Waals surface area contributed by atoms with Crippen LogP contribution < -0.4 is 0 Å². The Hall–Kier alpha value is -2.12. The first kappa shape index (κ1) is 26.5. The summed E-state index contributed by atoms with van der Waals surface area (Å²) >= 11 is 0. The lowest BCUT2D eigenvalue weighted by atomic mass is 9.90. The van der Waals surface area contributed by atoms with Gasteiger partial charge >= 0.3 is 12.4 Å². The summed E-state index contributed by atoms with van der Waals surface area (Å²) in [5.41, 5.74) is -2.31. The molecular weight excluding hydrogens is 510 g/mol. The van der Waals surface area contributed by atoms with Gasteiger partial charge in [-0.05, 0) is 61.2 Å². The third kappa shape index (κ3) is 5.41. The highest BCUT2D eigenvalue weighted by Crippen LogP contribution is 2.44. The lowest BCUT2D eigenvalue weighted by Crippen LogP contribution is -2.42. The first-order valence-electron chi connectivity index (χ1n) is 9.90. The Labute approximate surface area is 193 Å². The van der Waals surface area contributed by atoms with E-state index in [1.54, 1.807) is 0 Å². The number of halogens is 6. The zero-order valence-corrected chi connectivity index (χ0v) is 19.3. The molecule has 13 heteroatoms. The van der Waals surface area contributed by atoms with Gasteiger partial charge < -0.3 is 4.74 Å². The molecule has 0 spiro atoms. The zero-order valence-electron chi connectivity index (χ0n) is 17.6. The van der Waals surface area contributed by atoms with Crippen LogP contribution in [0.4, 0.5) is 26.3 Å². The highest BCUT2D eigenvalue weighted by molar-refractivity contribution is 7.92. The second-order valence-corrected chi connectivity index (χ2v) is 11.6. The fourth-order valence-corrected chi connectivity index (χ4v) is 6.29. The third-order valence-corrected chi connectivity index (χ3v) is 8.95. The molecule has 2 unspecified atom stereocenters. The van der Waals surface area contributed by atoms with Crippen LogP contribution in [0, 0.1) is 0 Å². The van der Waals surface area contributed by atoms with Crippen molar-refractivity contribution in [3.05, 3.63) is 64.7 Å². The number of ether oxygens (including phenoxy) is 1. The molecule has 188 valence electrons. The number of hydrogen-bond acceptors (Lipinski definition) is 5. The fourth-order valence-electron chi connectivity index (χ4n) is 3.91. The van der Waals surface area contributed by atoms with Gasteiger partial charge in [0, 0.05) is 6.61 Å². The molecule has 3 rings (SSSR count). The topological polar surface area (TPSA) is 77.5 Å². The standard InChI is InChI=1S/C21H20F6O5S2/c1-19(34(30,31)16-4-2-3-14(10-16)20(22,23)24)7-8-32-18(11-19)17-6-5-15(21(25,26)27)9-13(17)12-33(28)29/h2-6,9-10,18,33H,7-8,11-12H2,1H3. The van der Waals surface area contributed by atoms with Gasteiger partial charge in [0.25, 0.3) is 0 Å². The molecule has 1 aliphatic heterocycles. The van der Waals surface area contributed by atoms with E-state index < -0.39 is 65.5 Å². The van der Waals surface area contributed by atoms with E-state index in [9.17, 15) is 43.2 Å². The third-order valence-electron chi connectivity index (χ3n) is 5.80. The number of sulfone groups is 1. The van der Waals surface area contributed by atoms with Crippen molar-refractivity contribution < 1.29 is 47.9 Å². The van der Waals surface area contributed by atoms with Gasteiger partial charge in [0.2, 0.25) is 0 Å². The molecule has 0 saturated carbocycles. The van der Waals surface area contributed by atoms with Crippen LogP contribution in [0.3, 0.4) is 0 Å². The Balaban J connectivity index is 2.02. The maximum absolute atomic E-state index is 13.3. The molecule has 5 nitrogen and oxygen atoms in total. The van der Waals surface area contributed by atoms with E-state index in [0.29, 0.717) is 12.1 Å². The number of thiol groups is 1. The maximum Gasteiger partial charge on any atom is 0.416 e. The summed E-state index contributed by atoms with van der Waals surface area (Å²) in [7, 11) is -7.44. The van der Waals surface area contributed by atoms with E-state index in [4.69, 9.17) is 4.74 Å². The van der Waals surface area contributed by atoms with Gasteiger partial charge in [-0.2, -0.15) is 26.3 Å². The van der Waals surface area contributed by atoms with Crippen molar-refractivity contribution in [3.63, 3.8) is 0 Å². The Morgan fingerprint density at radius 1 is 1.00 bits per heavy atom. The molecular formula is C21H20F6O5S2. The SMILES string of the molecule is CC1(S(=O)(=O)c2cccc(C(F)(F)F)c2)CCOC(c2ccc(C(F)(F)F)cc2C[SH](=O)=O)C1. The predicted molar refractivity (Wildman–Crippen MR) is 110 cm³/mol. The van der Waals surface area contributed by atoms with Gasteiger partial charge in [0.15, 0.2) is 9.84 Å². The lowest BCUT2D eigenvalue weighted by molar-refractivity contribution is -0.138. The van der Waals surface area contributed by atoms with Gasteiger partial charge in [0.05, 0.1) is 32.6 Å². The zero-order chi connectivity index (χ0) is 25.5. The molecule has 34 heavy (non-hydrogen) atoms. The van der Waals surface area contributed by atoms with Crippen molar-refractivity contribution >= 4 is 20.5 Å². The Kier molecular flexibility index (Phi) is 7.13. The van der Waals surface area contributed by atoms with Gasteiger partial charge in [0.1, 0.15) is 10.7 Å². The largest absolute Gasteiger partial charge is 0.416 e. The normalized spacial score (nSPS) is 22.2. The predicted octanol–water partition coefficient (Wildman–Crippen LogP) is 4.92. The molecule has 0 amide bonds. The van der Waals surface area contributed by atoms with E-state index in [-0.39, 0.29) is 30.6 Å². The summed E-state index contributed by atoms with van der Waals surface area (Å²) < 4.78 is 132. The number of alkyl halides is 6. The van der Waals surface area contributed by atoms with Crippen molar-refractivity contribution in [1.29, 1.82) is 0 Å². The average molecular weight is 531 g/mol. The van der Waals surface area contributed by atoms with Crippen LogP contribution in [0.15, 0.2) is 47.4 Å². The first-order chi connectivity index (χ1) is 15.5. The van der Waals surface area contributed by atoms with E-state index in [2.05, 4.69) is 0 Å². The monoisotopic (exact) mass is 530 g/mol. The summed E-state index contributed by atoms with van der Waals surface area (Å²) in [4.78, 5) is -0.541. The summed E-state index contributed by atoms with van der Waals surface area (Å²) in [6.45, 7) is 1.18. The van der Waals surface area contributed by atoms with Crippen LogP contribution in [-0.4, -0.2) is 28.2 Å². The van der Waals surface area contributed by atoms with Crippen molar-refractivity contribution in [1.82, 2.24) is 0 Å². The van der Waals surface area contributed by atoms with Crippen LogP contribution in [-0.2, 0) is 43.4 Å². The van der Waals surface area contributed by atoms with Crippen LogP contribution in [0.1, 0.15) is 48.1 Å². The molecule has 0 N–H and O–H groups in total. The molecule has 2 aromatic rings. The Morgan fingerprint density at radius 3 is 2.21 bits per heavy atom.